The first-order valence-corrected chi connectivity index (χ1v) is 8.58. The average molecular weight is 339 g/mol. The number of aliphatic hydroxyl groups is 1. The number of ether oxygens (including phenoxy) is 1. The van der Waals surface area contributed by atoms with Crippen molar-refractivity contribution in [3.63, 3.8) is 0 Å². The molecule has 0 bridgehead atoms. The van der Waals surface area contributed by atoms with Crippen molar-refractivity contribution in [3.8, 4) is 5.75 Å². The Morgan fingerprint density at radius 3 is 3.00 bits per heavy atom. The minimum Gasteiger partial charge on any atom is -0.487 e. The molecule has 1 saturated carbocycles. The van der Waals surface area contributed by atoms with E-state index in [0.717, 1.165) is 41.0 Å². The zero-order chi connectivity index (χ0) is 14.2. The van der Waals surface area contributed by atoms with Crippen molar-refractivity contribution in [1.29, 1.82) is 0 Å². The van der Waals surface area contributed by atoms with Crippen LogP contribution in [0.5, 0.6) is 5.75 Å². The fourth-order valence-electron chi connectivity index (χ4n) is 3.77. The first-order valence-electron chi connectivity index (χ1n) is 7.78. The summed E-state index contributed by atoms with van der Waals surface area (Å²) in [6.07, 6.45) is 7.54. The van der Waals surface area contributed by atoms with Gasteiger partial charge < -0.3 is 9.84 Å². The minimum absolute atomic E-state index is 0.142. The third kappa shape index (κ3) is 2.75. The molecule has 3 atom stereocenters. The normalized spacial score (nSPS) is 33.4. The fraction of sp³-hybridized carbons (Fsp3) is 0.647. The lowest BCUT2D eigenvalue weighted by molar-refractivity contribution is -0.0251. The number of aliphatic hydroxyl groups excluding tert-OH is 1. The van der Waals surface area contributed by atoms with Gasteiger partial charge >= 0.3 is 0 Å². The van der Waals surface area contributed by atoms with E-state index in [2.05, 4.69) is 22.9 Å². The maximum absolute atomic E-state index is 10.5. The van der Waals surface area contributed by atoms with E-state index in [0.29, 0.717) is 0 Å². The van der Waals surface area contributed by atoms with Crippen molar-refractivity contribution in [2.75, 3.05) is 0 Å². The van der Waals surface area contributed by atoms with Crippen molar-refractivity contribution < 1.29 is 9.84 Å². The van der Waals surface area contributed by atoms with Gasteiger partial charge in [-0.1, -0.05) is 41.8 Å². The number of halogens is 1. The van der Waals surface area contributed by atoms with Crippen LogP contribution in [0.2, 0.25) is 0 Å². The Kier molecular flexibility index (Phi) is 4.09. The number of fused-ring (bicyclic) bond motifs is 1. The molecule has 2 unspecified atom stereocenters. The molecule has 1 spiro atoms. The molecule has 2 aliphatic rings. The van der Waals surface area contributed by atoms with Crippen molar-refractivity contribution in [2.45, 2.75) is 63.6 Å². The molecule has 1 aromatic rings. The third-order valence-corrected chi connectivity index (χ3v) is 5.55. The van der Waals surface area contributed by atoms with E-state index in [9.17, 15) is 5.11 Å². The minimum atomic E-state index is -0.384. The maximum atomic E-state index is 10.5. The van der Waals surface area contributed by atoms with Gasteiger partial charge in [-0.2, -0.15) is 0 Å². The van der Waals surface area contributed by atoms with Crippen molar-refractivity contribution in [1.82, 2.24) is 0 Å². The fourth-order valence-corrected chi connectivity index (χ4v) is 4.11. The molecule has 2 nitrogen and oxygen atoms in total. The SMILES string of the molecule is CCC1CCCC2(CC1)C[C@H](O)c1ccc(Br)cc1O2. The van der Waals surface area contributed by atoms with E-state index in [-0.39, 0.29) is 11.7 Å². The molecule has 1 fully saturated rings. The van der Waals surface area contributed by atoms with E-state index >= 15 is 0 Å². The molecule has 0 saturated heterocycles. The summed E-state index contributed by atoms with van der Waals surface area (Å²) in [7, 11) is 0. The summed E-state index contributed by atoms with van der Waals surface area (Å²) in [5, 5.41) is 10.5. The highest BCUT2D eigenvalue weighted by molar-refractivity contribution is 9.10. The predicted octanol–water partition coefficient (Wildman–Crippen LogP) is 4.99. The molecule has 3 heteroatoms. The van der Waals surface area contributed by atoms with Gasteiger partial charge in [0.15, 0.2) is 0 Å². The van der Waals surface area contributed by atoms with E-state index in [1.807, 2.05) is 18.2 Å². The van der Waals surface area contributed by atoms with Crippen LogP contribution in [0.15, 0.2) is 22.7 Å². The van der Waals surface area contributed by atoms with Gasteiger partial charge in [-0.05, 0) is 43.7 Å². The molecule has 1 aliphatic carbocycles. The number of hydrogen-bond acceptors (Lipinski definition) is 2. The first kappa shape index (κ1) is 14.4. The van der Waals surface area contributed by atoms with Gasteiger partial charge in [0, 0.05) is 16.5 Å². The summed E-state index contributed by atoms with van der Waals surface area (Å²) in [5.74, 6) is 1.70. The number of hydrogen-bond donors (Lipinski definition) is 1. The van der Waals surface area contributed by atoms with Crippen molar-refractivity contribution >= 4 is 15.9 Å². The van der Waals surface area contributed by atoms with Crippen LogP contribution in [0.3, 0.4) is 0 Å². The Hall–Kier alpha value is -0.540. The summed E-state index contributed by atoms with van der Waals surface area (Å²) >= 11 is 3.50. The highest BCUT2D eigenvalue weighted by Crippen LogP contribution is 2.47. The van der Waals surface area contributed by atoms with Crippen molar-refractivity contribution in [3.05, 3.63) is 28.2 Å². The molecule has 110 valence electrons. The zero-order valence-electron chi connectivity index (χ0n) is 12.1. The summed E-state index contributed by atoms with van der Waals surface area (Å²) in [5.41, 5.74) is 0.798. The third-order valence-electron chi connectivity index (χ3n) is 5.06. The molecule has 1 aromatic carbocycles. The second-order valence-corrected chi connectivity index (χ2v) is 7.31. The van der Waals surface area contributed by atoms with Gasteiger partial charge in [0.05, 0.1) is 6.10 Å². The maximum Gasteiger partial charge on any atom is 0.127 e. The lowest BCUT2D eigenvalue weighted by atomic mass is 9.83. The molecule has 0 amide bonds. The molecule has 1 N–H and O–H groups in total. The Labute approximate surface area is 129 Å². The second kappa shape index (κ2) is 5.69. The number of benzene rings is 1. The molecule has 1 heterocycles. The molecule has 20 heavy (non-hydrogen) atoms. The van der Waals surface area contributed by atoms with Crippen LogP contribution in [0.1, 0.15) is 63.5 Å². The van der Waals surface area contributed by atoms with E-state index in [4.69, 9.17) is 4.74 Å². The molecule has 0 aromatic heterocycles. The summed E-state index contributed by atoms with van der Waals surface area (Å²) in [6, 6.07) is 5.95. The van der Waals surface area contributed by atoms with E-state index in [1.54, 1.807) is 0 Å². The number of rotatable bonds is 1. The summed E-state index contributed by atoms with van der Waals surface area (Å²) < 4.78 is 7.41. The summed E-state index contributed by atoms with van der Waals surface area (Å²) in [4.78, 5) is 0. The van der Waals surface area contributed by atoms with E-state index < -0.39 is 0 Å². The monoisotopic (exact) mass is 338 g/mol. The van der Waals surface area contributed by atoms with Gasteiger partial charge in [-0.15, -0.1) is 0 Å². The Morgan fingerprint density at radius 2 is 2.20 bits per heavy atom. The van der Waals surface area contributed by atoms with Crippen LogP contribution in [0.25, 0.3) is 0 Å². The highest BCUT2D eigenvalue weighted by Gasteiger charge is 2.41. The Balaban J connectivity index is 1.86. The lowest BCUT2D eigenvalue weighted by Crippen LogP contribution is -2.40. The van der Waals surface area contributed by atoms with Crippen LogP contribution in [-0.2, 0) is 0 Å². The van der Waals surface area contributed by atoms with Crippen molar-refractivity contribution in [2.24, 2.45) is 5.92 Å². The quantitative estimate of drug-likeness (QED) is 0.781. The lowest BCUT2D eigenvalue weighted by Gasteiger charge is -2.40. The molecule has 1 aliphatic heterocycles. The average Bonchev–Trinajstić information content (AvgIpc) is 2.60. The van der Waals surface area contributed by atoms with Crippen LogP contribution >= 0.6 is 15.9 Å². The highest BCUT2D eigenvalue weighted by atomic mass is 79.9. The Morgan fingerprint density at radius 1 is 1.35 bits per heavy atom. The van der Waals surface area contributed by atoms with Crippen LogP contribution in [0.4, 0.5) is 0 Å². The Bertz CT molecular complexity index is 488. The second-order valence-electron chi connectivity index (χ2n) is 6.39. The van der Waals surface area contributed by atoms with Crippen LogP contribution < -0.4 is 4.74 Å². The zero-order valence-corrected chi connectivity index (χ0v) is 13.7. The van der Waals surface area contributed by atoms with Gasteiger partial charge in [0.1, 0.15) is 11.4 Å². The first-order chi connectivity index (χ1) is 9.62. The van der Waals surface area contributed by atoms with Gasteiger partial charge in [-0.25, -0.2) is 0 Å². The van der Waals surface area contributed by atoms with E-state index in [1.165, 1.54) is 25.7 Å². The van der Waals surface area contributed by atoms with Gasteiger partial charge in [0.25, 0.3) is 0 Å². The topological polar surface area (TPSA) is 29.5 Å². The standard InChI is InChI=1S/C17H23BrO2/c1-2-12-4-3-8-17(9-7-12)11-15(19)14-6-5-13(18)10-16(14)20-17/h5-6,10,12,15,19H,2-4,7-9,11H2,1H3/t12?,15-,17?/m0/s1. The van der Waals surface area contributed by atoms with Gasteiger partial charge in [-0.3, -0.25) is 0 Å². The van der Waals surface area contributed by atoms with Crippen LogP contribution in [0, 0.1) is 5.92 Å². The molecular formula is C17H23BrO2. The van der Waals surface area contributed by atoms with Gasteiger partial charge in [0.2, 0.25) is 0 Å². The molecule has 0 radical (unpaired) electrons. The van der Waals surface area contributed by atoms with Crippen LogP contribution in [-0.4, -0.2) is 10.7 Å². The molecular weight excluding hydrogens is 316 g/mol. The molecule has 3 rings (SSSR count). The predicted molar refractivity (Wildman–Crippen MR) is 83.9 cm³/mol. The smallest absolute Gasteiger partial charge is 0.127 e. The largest absolute Gasteiger partial charge is 0.487 e. The summed E-state index contributed by atoms with van der Waals surface area (Å²) in [6.45, 7) is 2.28.